The molecule has 0 aliphatic carbocycles. The number of amides is 1. The average molecular weight is 245 g/mol. The van der Waals surface area contributed by atoms with Gasteiger partial charge in [-0.1, -0.05) is 6.92 Å². The van der Waals surface area contributed by atoms with Gasteiger partial charge in [0.25, 0.3) is 0 Å². The third kappa shape index (κ3) is 6.81. The summed E-state index contributed by atoms with van der Waals surface area (Å²) in [6.45, 7) is 9.80. The van der Waals surface area contributed by atoms with Crippen molar-refractivity contribution in [1.29, 1.82) is 0 Å². The minimum atomic E-state index is -0.842. The van der Waals surface area contributed by atoms with Crippen molar-refractivity contribution >= 4 is 12.1 Å². The fourth-order valence-corrected chi connectivity index (χ4v) is 1.18. The van der Waals surface area contributed by atoms with Crippen LogP contribution in [0.5, 0.6) is 0 Å². The van der Waals surface area contributed by atoms with Gasteiger partial charge in [0.2, 0.25) is 0 Å². The number of carbonyl (C=O) groups is 2. The number of carboxylic acids is 1. The Bertz CT molecular complexity index is 270. The predicted molar refractivity (Wildman–Crippen MR) is 64.9 cm³/mol. The van der Waals surface area contributed by atoms with Crippen molar-refractivity contribution in [3.63, 3.8) is 0 Å². The lowest BCUT2D eigenvalue weighted by molar-refractivity contribution is -0.141. The second-order valence-corrected chi connectivity index (χ2v) is 5.09. The second kappa shape index (κ2) is 6.47. The summed E-state index contributed by atoms with van der Waals surface area (Å²) in [7, 11) is 0. The lowest BCUT2D eigenvalue weighted by Crippen LogP contribution is -2.38. The molecule has 0 fully saturated rings. The quantitative estimate of drug-likeness (QED) is 0.807. The number of hydrogen-bond donors (Lipinski definition) is 1. The molecule has 1 amide bonds. The van der Waals surface area contributed by atoms with Gasteiger partial charge in [0.1, 0.15) is 5.60 Å². The minimum Gasteiger partial charge on any atom is -0.481 e. The van der Waals surface area contributed by atoms with E-state index in [1.54, 1.807) is 27.7 Å². The highest BCUT2D eigenvalue weighted by molar-refractivity contribution is 5.70. The van der Waals surface area contributed by atoms with Gasteiger partial charge < -0.3 is 14.7 Å². The molecule has 0 aliphatic heterocycles. The summed E-state index contributed by atoms with van der Waals surface area (Å²) in [5, 5.41) is 8.76. The maximum Gasteiger partial charge on any atom is 0.410 e. The standard InChI is InChI=1S/C12H23NO4/c1-6-13(8-7-9(2)10(14)15)11(16)17-12(3,4)5/h9H,6-8H2,1-5H3,(H,14,15). The van der Waals surface area contributed by atoms with E-state index in [-0.39, 0.29) is 0 Å². The molecule has 0 saturated carbocycles. The summed E-state index contributed by atoms with van der Waals surface area (Å²) in [5.74, 6) is -1.29. The summed E-state index contributed by atoms with van der Waals surface area (Å²) in [6.07, 6.45) is 0.0418. The van der Waals surface area contributed by atoms with Crippen LogP contribution in [0.1, 0.15) is 41.0 Å². The Morgan fingerprint density at radius 2 is 1.88 bits per heavy atom. The van der Waals surface area contributed by atoms with Gasteiger partial charge in [0.15, 0.2) is 0 Å². The Balaban J connectivity index is 4.24. The Morgan fingerprint density at radius 1 is 1.35 bits per heavy atom. The summed E-state index contributed by atoms with van der Waals surface area (Å²) < 4.78 is 5.22. The molecule has 100 valence electrons. The number of ether oxygens (including phenoxy) is 1. The second-order valence-electron chi connectivity index (χ2n) is 5.09. The van der Waals surface area contributed by atoms with Crippen LogP contribution in [0.25, 0.3) is 0 Å². The van der Waals surface area contributed by atoms with Crippen LogP contribution >= 0.6 is 0 Å². The Kier molecular flexibility index (Phi) is 5.99. The molecule has 0 aromatic heterocycles. The van der Waals surface area contributed by atoms with Crippen molar-refractivity contribution in [1.82, 2.24) is 4.90 Å². The molecule has 1 N–H and O–H groups in total. The third-order valence-corrected chi connectivity index (χ3v) is 2.29. The Morgan fingerprint density at radius 3 is 2.24 bits per heavy atom. The molecule has 17 heavy (non-hydrogen) atoms. The molecule has 0 aliphatic rings. The molecule has 1 atom stereocenters. The molecule has 0 spiro atoms. The average Bonchev–Trinajstić information content (AvgIpc) is 2.15. The maximum atomic E-state index is 11.7. The minimum absolute atomic E-state index is 0.391. The summed E-state index contributed by atoms with van der Waals surface area (Å²) in [4.78, 5) is 23.9. The molecule has 1 unspecified atom stereocenters. The number of aliphatic carboxylic acids is 1. The van der Waals surface area contributed by atoms with Gasteiger partial charge in [-0.25, -0.2) is 4.79 Å². The van der Waals surface area contributed by atoms with Crippen LogP contribution in [-0.4, -0.2) is 40.8 Å². The third-order valence-electron chi connectivity index (χ3n) is 2.29. The Hall–Kier alpha value is -1.26. The first-order chi connectivity index (χ1) is 7.67. The number of rotatable bonds is 5. The number of carbonyl (C=O) groups excluding carboxylic acids is 1. The Labute approximate surface area is 103 Å². The van der Waals surface area contributed by atoms with Crippen molar-refractivity contribution in [2.75, 3.05) is 13.1 Å². The van der Waals surface area contributed by atoms with Gasteiger partial charge in [-0.2, -0.15) is 0 Å². The van der Waals surface area contributed by atoms with Gasteiger partial charge in [-0.15, -0.1) is 0 Å². The zero-order chi connectivity index (χ0) is 13.6. The van der Waals surface area contributed by atoms with Crippen LogP contribution in [0.3, 0.4) is 0 Å². The van der Waals surface area contributed by atoms with Crippen molar-refractivity contribution < 1.29 is 19.4 Å². The molecular formula is C12H23NO4. The van der Waals surface area contributed by atoms with E-state index < -0.39 is 23.6 Å². The van der Waals surface area contributed by atoms with Gasteiger partial charge >= 0.3 is 12.1 Å². The van der Waals surface area contributed by atoms with Crippen molar-refractivity contribution in [2.24, 2.45) is 5.92 Å². The van der Waals surface area contributed by atoms with Crippen LogP contribution in [0.2, 0.25) is 0 Å². The SMILES string of the molecule is CCN(CCC(C)C(=O)O)C(=O)OC(C)(C)C. The van der Waals surface area contributed by atoms with Crippen molar-refractivity contribution in [3.8, 4) is 0 Å². The normalized spacial score (nSPS) is 13.0. The van der Waals surface area contributed by atoms with E-state index >= 15 is 0 Å². The van der Waals surface area contributed by atoms with Gasteiger partial charge in [-0.05, 0) is 34.1 Å². The number of carboxylic acid groups (broad SMARTS) is 1. The van der Waals surface area contributed by atoms with E-state index in [9.17, 15) is 9.59 Å². The first-order valence-corrected chi connectivity index (χ1v) is 5.88. The number of hydrogen-bond acceptors (Lipinski definition) is 3. The highest BCUT2D eigenvalue weighted by Crippen LogP contribution is 2.11. The topological polar surface area (TPSA) is 66.8 Å². The van der Waals surface area contributed by atoms with Crippen LogP contribution < -0.4 is 0 Å². The highest BCUT2D eigenvalue weighted by atomic mass is 16.6. The van der Waals surface area contributed by atoms with Gasteiger partial charge in [0, 0.05) is 13.1 Å². The predicted octanol–water partition coefficient (Wildman–Crippen LogP) is 2.35. The van der Waals surface area contributed by atoms with E-state index in [1.165, 1.54) is 4.90 Å². The van der Waals surface area contributed by atoms with E-state index in [0.29, 0.717) is 19.5 Å². The zero-order valence-corrected chi connectivity index (χ0v) is 11.3. The maximum absolute atomic E-state index is 11.7. The van der Waals surface area contributed by atoms with E-state index in [0.717, 1.165) is 0 Å². The van der Waals surface area contributed by atoms with Gasteiger partial charge in [0.05, 0.1) is 5.92 Å². The molecule has 5 heteroatoms. The first-order valence-electron chi connectivity index (χ1n) is 5.88. The largest absolute Gasteiger partial charge is 0.481 e. The number of nitrogens with zero attached hydrogens (tertiary/aromatic N) is 1. The first kappa shape index (κ1) is 15.7. The fourth-order valence-electron chi connectivity index (χ4n) is 1.18. The molecular weight excluding hydrogens is 222 g/mol. The molecule has 0 rings (SSSR count). The monoisotopic (exact) mass is 245 g/mol. The van der Waals surface area contributed by atoms with E-state index in [1.807, 2.05) is 6.92 Å². The van der Waals surface area contributed by atoms with Crippen LogP contribution in [0.15, 0.2) is 0 Å². The summed E-state index contributed by atoms with van der Waals surface area (Å²) in [6, 6.07) is 0. The van der Waals surface area contributed by atoms with E-state index in [4.69, 9.17) is 9.84 Å². The van der Waals surface area contributed by atoms with Gasteiger partial charge in [-0.3, -0.25) is 4.79 Å². The fraction of sp³-hybridized carbons (Fsp3) is 0.833. The lowest BCUT2D eigenvalue weighted by Gasteiger charge is -2.26. The smallest absolute Gasteiger partial charge is 0.410 e. The highest BCUT2D eigenvalue weighted by Gasteiger charge is 2.22. The van der Waals surface area contributed by atoms with E-state index in [2.05, 4.69) is 0 Å². The molecule has 0 heterocycles. The van der Waals surface area contributed by atoms with Crippen molar-refractivity contribution in [3.05, 3.63) is 0 Å². The molecule has 0 saturated heterocycles. The lowest BCUT2D eigenvalue weighted by atomic mass is 10.1. The summed E-state index contributed by atoms with van der Waals surface area (Å²) >= 11 is 0. The zero-order valence-electron chi connectivity index (χ0n) is 11.3. The molecule has 0 bridgehead atoms. The molecule has 5 nitrogen and oxygen atoms in total. The van der Waals surface area contributed by atoms with Crippen LogP contribution in [-0.2, 0) is 9.53 Å². The van der Waals surface area contributed by atoms with Crippen LogP contribution in [0.4, 0.5) is 4.79 Å². The van der Waals surface area contributed by atoms with Crippen LogP contribution in [0, 0.1) is 5.92 Å². The summed E-state index contributed by atoms with van der Waals surface area (Å²) in [5.41, 5.74) is -0.525. The molecule has 0 radical (unpaired) electrons. The van der Waals surface area contributed by atoms with Crippen molar-refractivity contribution in [2.45, 2.75) is 46.6 Å². The molecule has 0 aromatic carbocycles. The molecule has 0 aromatic rings.